The molecule has 7 heteroatoms. The Labute approximate surface area is 110 Å². The van der Waals surface area contributed by atoms with E-state index < -0.39 is 11.0 Å². The summed E-state index contributed by atoms with van der Waals surface area (Å²) >= 11 is 4.16. The number of carbonyl (C=O) groups is 1. The van der Waals surface area contributed by atoms with E-state index in [-0.39, 0.29) is 16.8 Å². The summed E-state index contributed by atoms with van der Waals surface area (Å²) in [5.74, 6) is 0.245. The highest BCUT2D eigenvalue weighted by Gasteiger charge is 2.10. The molecule has 0 heterocycles. The number of nitro benzene ring substituents is 1. The summed E-state index contributed by atoms with van der Waals surface area (Å²) in [6, 6.07) is 5.27. The van der Waals surface area contributed by atoms with E-state index in [0.29, 0.717) is 0 Å². The largest absolute Gasteiger partial charge is 0.413 e. The SMILES string of the molecule is CCCC(S)NC(=O)Oc1ccc([N+](=O)[O-])cc1. The molecule has 1 aromatic rings. The average molecular weight is 270 g/mol. The van der Waals surface area contributed by atoms with Crippen LogP contribution >= 0.6 is 12.6 Å². The third-order valence-electron chi connectivity index (χ3n) is 2.10. The molecule has 98 valence electrons. The molecule has 1 aromatic carbocycles. The molecule has 0 saturated heterocycles. The van der Waals surface area contributed by atoms with E-state index in [0.717, 1.165) is 12.8 Å². The molecule has 0 radical (unpaired) electrons. The van der Waals surface area contributed by atoms with Crippen molar-refractivity contribution in [2.45, 2.75) is 25.1 Å². The van der Waals surface area contributed by atoms with E-state index in [4.69, 9.17) is 4.74 Å². The summed E-state index contributed by atoms with van der Waals surface area (Å²) < 4.78 is 4.94. The van der Waals surface area contributed by atoms with Crippen molar-refractivity contribution in [1.29, 1.82) is 0 Å². The Morgan fingerprint density at radius 2 is 2.11 bits per heavy atom. The maximum absolute atomic E-state index is 11.4. The van der Waals surface area contributed by atoms with Crippen LogP contribution in [0.1, 0.15) is 19.8 Å². The fourth-order valence-corrected chi connectivity index (χ4v) is 1.62. The van der Waals surface area contributed by atoms with Crippen molar-refractivity contribution in [1.82, 2.24) is 5.32 Å². The van der Waals surface area contributed by atoms with Gasteiger partial charge in [-0.1, -0.05) is 13.3 Å². The van der Waals surface area contributed by atoms with Gasteiger partial charge in [-0.15, -0.1) is 0 Å². The summed E-state index contributed by atoms with van der Waals surface area (Å²) in [6.45, 7) is 1.98. The van der Waals surface area contributed by atoms with Gasteiger partial charge in [0.25, 0.3) is 5.69 Å². The van der Waals surface area contributed by atoms with Gasteiger partial charge in [0, 0.05) is 12.1 Å². The van der Waals surface area contributed by atoms with Crippen molar-refractivity contribution in [2.75, 3.05) is 0 Å². The van der Waals surface area contributed by atoms with Crippen molar-refractivity contribution in [2.24, 2.45) is 0 Å². The second-order valence-electron chi connectivity index (χ2n) is 3.59. The van der Waals surface area contributed by atoms with Gasteiger partial charge < -0.3 is 10.1 Å². The van der Waals surface area contributed by atoms with Crippen molar-refractivity contribution >= 4 is 24.4 Å². The van der Waals surface area contributed by atoms with E-state index in [1.807, 2.05) is 6.92 Å². The lowest BCUT2D eigenvalue weighted by Crippen LogP contribution is -2.33. The maximum Gasteiger partial charge on any atom is 0.413 e. The molecule has 1 rings (SSSR count). The lowest BCUT2D eigenvalue weighted by atomic mass is 10.3. The number of nitrogens with zero attached hydrogens (tertiary/aromatic N) is 1. The number of nitro groups is 1. The van der Waals surface area contributed by atoms with Gasteiger partial charge in [0.05, 0.1) is 10.3 Å². The number of ether oxygens (including phenoxy) is 1. The zero-order valence-electron chi connectivity index (χ0n) is 9.83. The van der Waals surface area contributed by atoms with Gasteiger partial charge in [-0.05, 0) is 18.6 Å². The molecule has 0 aliphatic carbocycles. The Balaban J connectivity index is 2.51. The average Bonchev–Trinajstić information content (AvgIpc) is 2.29. The molecule has 1 unspecified atom stereocenters. The minimum atomic E-state index is -0.627. The second kappa shape index (κ2) is 6.85. The number of benzene rings is 1. The van der Waals surface area contributed by atoms with E-state index in [1.165, 1.54) is 24.3 Å². The van der Waals surface area contributed by atoms with Gasteiger partial charge in [-0.3, -0.25) is 10.1 Å². The van der Waals surface area contributed by atoms with Gasteiger partial charge in [0.15, 0.2) is 0 Å². The van der Waals surface area contributed by atoms with Crippen molar-refractivity contribution in [3.05, 3.63) is 34.4 Å². The van der Waals surface area contributed by atoms with Gasteiger partial charge in [0.1, 0.15) is 5.75 Å². The number of rotatable bonds is 5. The molecule has 0 saturated carbocycles. The zero-order valence-corrected chi connectivity index (χ0v) is 10.7. The van der Waals surface area contributed by atoms with Gasteiger partial charge in [0.2, 0.25) is 0 Å². The van der Waals surface area contributed by atoms with Crippen LogP contribution in [0, 0.1) is 10.1 Å². The van der Waals surface area contributed by atoms with Gasteiger partial charge >= 0.3 is 6.09 Å². The molecule has 0 bridgehead atoms. The molecule has 0 spiro atoms. The van der Waals surface area contributed by atoms with Crippen LogP contribution in [0.3, 0.4) is 0 Å². The van der Waals surface area contributed by atoms with Crippen molar-refractivity contribution in [3.8, 4) is 5.75 Å². The van der Waals surface area contributed by atoms with E-state index in [9.17, 15) is 14.9 Å². The maximum atomic E-state index is 11.4. The number of thiol groups is 1. The number of hydrogen-bond acceptors (Lipinski definition) is 5. The molecule has 0 aromatic heterocycles. The number of hydrogen-bond donors (Lipinski definition) is 2. The topological polar surface area (TPSA) is 81.5 Å². The molecular weight excluding hydrogens is 256 g/mol. The van der Waals surface area contributed by atoms with Crippen LogP contribution in [0.2, 0.25) is 0 Å². The standard InChI is InChI=1S/C11H14N2O4S/c1-2-3-10(18)12-11(14)17-9-6-4-8(5-7-9)13(15)16/h4-7,10,18H,2-3H2,1H3,(H,12,14). The minimum absolute atomic E-state index is 0.0548. The predicted octanol–water partition coefficient (Wildman–Crippen LogP) is 2.74. The first-order chi connectivity index (χ1) is 8.52. The molecule has 0 fully saturated rings. The Bertz CT molecular complexity index is 422. The summed E-state index contributed by atoms with van der Waals surface area (Å²) in [4.78, 5) is 21.3. The third kappa shape index (κ3) is 4.62. The minimum Gasteiger partial charge on any atom is -0.410 e. The number of carbonyl (C=O) groups excluding carboxylic acids is 1. The molecule has 0 aliphatic rings. The summed E-state index contributed by atoms with van der Waals surface area (Å²) in [6.07, 6.45) is 1.00. The Morgan fingerprint density at radius 1 is 1.50 bits per heavy atom. The monoisotopic (exact) mass is 270 g/mol. The highest BCUT2D eigenvalue weighted by atomic mass is 32.1. The van der Waals surface area contributed by atoms with E-state index >= 15 is 0 Å². The van der Waals surface area contributed by atoms with Crippen molar-refractivity contribution < 1.29 is 14.5 Å². The van der Waals surface area contributed by atoms with E-state index in [2.05, 4.69) is 17.9 Å². The van der Waals surface area contributed by atoms with Crippen LogP contribution in [-0.4, -0.2) is 16.4 Å². The third-order valence-corrected chi connectivity index (χ3v) is 2.49. The smallest absolute Gasteiger partial charge is 0.410 e. The number of non-ortho nitro benzene ring substituents is 1. The predicted molar refractivity (Wildman–Crippen MR) is 69.9 cm³/mol. The quantitative estimate of drug-likeness (QED) is 0.373. The zero-order chi connectivity index (χ0) is 13.5. The highest BCUT2D eigenvalue weighted by Crippen LogP contribution is 2.17. The summed E-state index contributed by atoms with van der Waals surface area (Å²) in [5, 5.41) is 12.7. The van der Waals surface area contributed by atoms with Crippen LogP contribution in [0.15, 0.2) is 24.3 Å². The molecule has 1 amide bonds. The van der Waals surface area contributed by atoms with Crippen LogP contribution < -0.4 is 10.1 Å². The fourth-order valence-electron chi connectivity index (χ4n) is 1.25. The Hall–Kier alpha value is -1.76. The molecule has 18 heavy (non-hydrogen) atoms. The Kier molecular flexibility index (Phi) is 5.44. The van der Waals surface area contributed by atoms with E-state index in [1.54, 1.807) is 0 Å². The highest BCUT2D eigenvalue weighted by molar-refractivity contribution is 7.80. The lowest BCUT2D eigenvalue weighted by Gasteiger charge is -2.11. The first kappa shape index (κ1) is 14.3. The molecule has 6 nitrogen and oxygen atoms in total. The van der Waals surface area contributed by atoms with Gasteiger partial charge in [-0.2, -0.15) is 12.6 Å². The van der Waals surface area contributed by atoms with Crippen LogP contribution in [-0.2, 0) is 0 Å². The second-order valence-corrected chi connectivity index (χ2v) is 4.21. The Morgan fingerprint density at radius 3 is 2.61 bits per heavy atom. The molecule has 1 atom stereocenters. The lowest BCUT2D eigenvalue weighted by molar-refractivity contribution is -0.384. The van der Waals surface area contributed by atoms with Crippen LogP contribution in [0.5, 0.6) is 5.75 Å². The first-order valence-electron chi connectivity index (χ1n) is 5.43. The fraction of sp³-hybridized carbons (Fsp3) is 0.364. The first-order valence-corrected chi connectivity index (χ1v) is 5.95. The summed E-state index contributed by atoms with van der Waals surface area (Å²) in [7, 11) is 0. The number of amides is 1. The van der Waals surface area contributed by atoms with Gasteiger partial charge in [-0.25, -0.2) is 4.79 Å². The molecular formula is C11H14N2O4S. The molecule has 1 N–H and O–H groups in total. The summed E-state index contributed by atoms with van der Waals surface area (Å²) in [5.41, 5.74) is -0.0548. The van der Waals surface area contributed by atoms with Crippen LogP contribution in [0.25, 0.3) is 0 Å². The van der Waals surface area contributed by atoms with Crippen LogP contribution in [0.4, 0.5) is 10.5 Å². The normalized spacial score (nSPS) is 11.7. The molecule has 0 aliphatic heterocycles. The number of nitrogens with one attached hydrogen (secondary N) is 1. The van der Waals surface area contributed by atoms with Crippen molar-refractivity contribution in [3.63, 3.8) is 0 Å².